The predicted molar refractivity (Wildman–Crippen MR) is 90.9 cm³/mol. The third kappa shape index (κ3) is 8.10. The molecular weight excluding hydrogens is 304 g/mol. The van der Waals surface area contributed by atoms with E-state index in [1.54, 1.807) is 7.11 Å². The second-order valence-electron chi connectivity index (χ2n) is 4.92. The van der Waals surface area contributed by atoms with Gasteiger partial charge in [-0.15, -0.1) is 12.4 Å². The number of methoxy groups -OCH3 is 1. The molecule has 0 saturated heterocycles. The van der Waals surface area contributed by atoms with Gasteiger partial charge in [-0.1, -0.05) is 19.8 Å². The molecule has 22 heavy (non-hydrogen) atoms. The molecule has 3 N–H and O–H groups in total. The van der Waals surface area contributed by atoms with Gasteiger partial charge in [0.15, 0.2) is 0 Å². The number of amides is 1. The van der Waals surface area contributed by atoms with Crippen LogP contribution in [0.2, 0.25) is 0 Å². The van der Waals surface area contributed by atoms with Gasteiger partial charge in [-0.3, -0.25) is 4.79 Å². The average Bonchev–Trinajstić information content (AvgIpc) is 2.52. The molecule has 1 amide bonds. The van der Waals surface area contributed by atoms with Crippen molar-refractivity contribution in [3.8, 4) is 11.5 Å². The lowest BCUT2D eigenvalue weighted by molar-refractivity contribution is -0.122. The van der Waals surface area contributed by atoms with E-state index < -0.39 is 0 Å². The van der Waals surface area contributed by atoms with Gasteiger partial charge in [0.05, 0.1) is 20.1 Å². The van der Waals surface area contributed by atoms with Gasteiger partial charge in [0, 0.05) is 12.6 Å². The molecular formula is C16H27ClN2O3. The summed E-state index contributed by atoms with van der Waals surface area (Å²) in [6, 6.07) is 7.36. The molecule has 0 aliphatic carbocycles. The molecule has 1 unspecified atom stereocenters. The van der Waals surface area contributed by atoms with Crippen LogP contribution in [0.5, 0.6) is 11.5 Å². The van der Waals surface area contributed by atoms with Crippen molar-refractivity contribution in [2.75, 3.05) is 20.3 Å². The largest absolute Gasteiger partial charge is 0.497 e. The fraction of sp³-hybridized carbons (Fsp3) is 0.562. The summed E-state index contributed by atoms with van der Waals surface area (Å²) in [5.41, 5.74) is 5.65. The molecule has 0 aromatic heterocycles. The van der Waals surface area contributed by atoms with Gasteiger partial charge >= 0.3 is 0 Å². The number of ether oxygens (including phenoxy) is 2. The average molecular weight is 331 g/mol. The van der Waals surface area contributed by atoms with Crippen LogP contribution in [0, 0.1) is 0 Å². The minimum absolute atomic E-state index is 0. The normalized spacial score (nSPS) is 11.2. The van der Waals surface area contributed by atoms with Crippen LogP contribution in [0.4, 0.5) is 0 Å². The number of rotatable bonds is 10. The van der Waals surface area contributed by atoms with Gasteiger partial charge in [0.25, 0.3) is 0 Å². The second-order valence-corrected chi connectivity index (χ2v) is 4.92. The number of carbonyl (C=O) groups is 1. The molecule has 0 fully saturated rings. The summed E-state index contributed by atoms with van der Waals surface area (Å²) in [6.45, 7) is 2.95. The Hall–Kier alpha value is -1.46. The van der Waals surface area contributed by atoms with Crippen LogP contribution in [0.3, 0.4) is 0 Å². The molecule has 1 rings (SSSR count). The van der Waals surface area contributed by atoms with Gasteiger partial charge in [-0.05, 0) is 30.7 Å². The van der Waals surface area contributed by atoms with Crippen LogP contribution < -0.4 is 20.5 Å². The molecule has 126 valence electrons. The molecule has 0 saturated carbocycles. The Bertz CT molecular complexity index is 412. The lowest BCUT2D eigenvalue weighted by atomic mass is 10.1. The molecule has 6 heteroatoms. The smallest absolute Gasteiger partial charge is 0.223 e. The van der Waals surface area contributed by atoms with E-state index in [-0.39, 0.29) is 24.4 Å². The Morgan fingerprint density at radius 3 is 2.45 bits per heavy atom. The van der Waals surface area contributed by atoms with Crippen molar-refractivity contribution in [1.29, 1.82) is 0 Å². The first kappa shape index (κ1) is 20.5. The number of nitrogens with two attached hydrogens (primary N) is 1. The monoisotopic (exact) mass is 330 g/mol. The molecule has 0 aliphatic rings. The van der Waals surface area contributed by atoms with Gasteiger partial charge < -0.3 is 20.5 Å². The highest BCUT2D eigenvalue weighted by molar-refractivity contribution is 5.85. The Labute approximate surface area is 139 Å². The zero-order valence-corrected chi connectivity index (χ0v) is 14.2. The highest BCUT2D eigenvalue weighted by Gasteiger charge is 2.10. The molecule has 1 atom stereocenters. The van der Waals surface area contributed by atoms with Crippen LogP contribution in [0.25, 0.3) is 0 Å². The van der Waals surface area contributed by atoms with Gasteiger partial charge in [-0.2, -0.15) is 0 Å². The summed E-state index contributed by atoms with van der Waals surface area (Å²) < 4.78 is 10.6. The molecule has 0 spiro atoms. The van der Waals surface area contributed by atoms with Crippen molar-refractivity contribution < 1.29 is 14.3 Å². The highest BCUT2D eigenvalue weighted by atomic mass is 35.5. The molecule has 5 nitrogen and oxygen atoms in total. The maximum atomic E-state index is 11.8. The van der Waals surface area contributed by atoms with E-state index in [2.05, 4.69) is 12.2 Å². The quantitative estimate of drug-likeness (QED) is 0.691. The van der Waals surface area contributed by atoms with Crippen molar-refractivity contribution in [3.63, 3.8) is 0 Å². The van der Waals surface area contributed by atoms with E-state index in [1.165, 1.54) is 0 Å². The Morgan fingerprint density at radius 2 is 1.91 bits per heavy atom. The minimum atomic E-state index is -0.0185. The standard InChI is InChI=1S/C16H26N2O3.ClH/c1-3-4-5-13(12-17)18-16(19)10-11-21-15-8-6-14(20-2)7-9-15;/h6-9,13H,3-5,10-12,17H2,1-2H3,(H,18,19);1H. The second kappa shape index (κ2) is 12.1. The van der Waals surface area contributed by atoms with Gasteiger partial charge in [-0.25, -0.2) is 0 Å². The van der Waals surface area contributed by atoms with Crippen molar-refractivity contribution in [3.05, 3.63) is 24.3 Å². The lowest BCUT2D eigenvalue weighted by Crippen LogP contribution is -2.40. The maximum absolute atomic E-state index is 11.8. The molecule has 0 aliphatic heterocycles. The first-order chi connectivity index (χ1) is 10.2. The van der Waals surface area contributed by atoms with Crippen LogP contribution >= 0.6 is 12.4 Å². The topological polar surface area (TPSA) is 73.6 Å². The number of hydrogen-bond donors (Lipinski definition) is 2. The summed E-state index contributed by atoms with van der Waals surface area (Å²) in [7, 11) is 1.62. The molecule has 0 heterocycles. The van der Waals surface area contributed by atoms with Gasteiger partial charge in [0.1, 0.15) is 11.5 Å². The van der Waals surface area contributed by atoms with Crippen molar-refractivity contribution in [1.82, 2.24) is 5.32 Å². The number of unbranched alkanes of at least 4 members (excludes halogenated alkanes) is 1. The fourth-order valence-electron chi connectivity index (χ4n) is 1.93. The number of hydrogen-bond acceptors (Lipinski definition) is 4. The van der Waals surface area contributed by atoms with Crippen molar-refractivity contribution in [2.45, 2.75) is 38.6 Å². The zero-order chi connectivity index (χ0) is 15.5. The summed E-state index contributed by atoms with van der Waals surface area (Å²) >= 11 is 0. The van der Waals surface area contributed by atoms with E-state index in [0.29, 0.717) is 19.6 Å². The van der Waals surface area contributed by atoms with Crippen LogP contribution in [0.1, 0.15) is 32.6 Å². The third-order valence-corrected chi connectivity index (χ3v) is 3.21. The minimum Gasteiger partial charge on any atom is -0.497 e. The van der Waals surface area contributed by atoms with E-state index >= 15 is 0 Å². The van der Waals surface area contributed by atoms with Crippen LogP contribution in [-0.4, -0.2) is 32.2 Å². The van der Waals surface area contributed by atoms with Crippen LogP contribution in [0.15, 0.2) is 24.3 Å². The number of carbonyl (C=O) groups excluding carboxylic acids is 1. The SMILES string of the molecule is CCCCC(CN)NC(=O)CCOc1ccc(OC)cc1.Cl. The molecule has 0 bridgehead atoms. The van der Waals surface area contributed by atoms with Crippen molar-refractivity contribution >= 4 is 18.3 Å². The summed E-state index contributed by atoms with van der Waals surface area (Å²) in [5, 5.41) is 2.94. The zero-order valence-electron chi connectivity index (χ0n) is 13.3. The maximum Gasteiger partial charge on any atom is 0.223 e. The highest BCUT2D eigenvalue weighted by Crippen LogP contribution is 2.16. The first-order valence-corrected chi connectivity index (χ1v) is 7.45. The number of halogens is 1. The molecule has 1 aromatic carbocycles. The van der Waals surface area contributed by atoms with Crippen molar-refractivity contribution in [2.24, 2.45) is 5.73 Å². The number of nitrogens with one attached hydrogen (secondary N) is 1. The van der Waals surface area contributed by atoms with E-state index in [0.717, 1.165) is 30.8 Å². The first-order valence-electron chi connectivity index (χ1n) is 7.45. The third-order valence-electron chi connectivity index (χ3n) is 3.21. The summed E-state index contributed by atoms with van der Waals surface area (Å²) in [4.78, 5) is 11.8. The summed E-state index contributed by atoms with van der Waals surface area (Å²) in [6.07, 6.45) is 3.43. The number of benzene rings is 1. The Kier molecular flexibility index (Phi) is 11.3. The molecule has 1 aromatic rings. The predicted octanol–water partition coefficient (Wildman–Crippen LogP) is 2.52. The Balaban J connectivity index is 0.00000441. The van der Waals surface area contributed by atoms with E-state index in [1.807, 2.05) is 24.3 Å². The van der Waals surface area contributed by atoms with Gasteiger partial charge in [0.2, 0.25) is 5.91 Å². The summed E-state index contributed by atoms with van der Waals surface area (Å²) in [5.74, 6) is 1.49. The Morgan fingerprint density at radius 1 is 1.27 bits per heavy atom. The van der Waals surface area contributed by atoms with E-state index in [9.17, 15) is 4.79 Å². The lowest BCUT2D eigenvalue weighted by Gasteiger charge is -2.16. The molecule has 0 radical (unpaired) electrons. The van der Waals surface area contributed by atoms with Crippen LogP contribution in [-0.2, 0) is 4.79 Å². The van der Waals surface area contributed by atoms with E-state index in [4.69, 9.17) is 15.2 Å². The fourth-order valence-corrected chi connectivity index (χ4v) is 1.93.